The van der Waals surface area contributed by atoms with Gasteiger partial charge in [0.25, 0.3) is 5.91 Å². The number of benzene rings is 2. The van der Waals surface area contributed by atoms with Crippen molar-refractivity contribution in [3.63, 3.8) is 0 Å². The summed E-state index contributed by atoms with van der Waals surface area (Å²) < 4.78 is 21.3. The van der Waals surface area contributed by atoms with Gasteiger partial charge in [0.05, 0.1) is 7.11 Å². The number of nitrogens with zero attached hydrogens (tertiary/aromatic N) is 1. The zero-order valence-electron chi connectivity index (χ0n) is 21.3. The van der Waals surface area contributed by atoms with Gasteiger partial charge in [-0.2, -0.15) is 0 Å². The van der Waals surface area contributed by atoms with E-state index in [0.717, 1.165) is 29.2 Å². The molecule has 9 nitrogen and oxygen atoms in total. The van der Waals surface area contributed by atoms with Crippen LogP contribution in [0.4, 0.5) is 0 Å². The van der Waals surface area contributed by atoms with Gasteiger partial charge in [0.15, 0.2) is 17.2 Å². The molecule has 1 saturated carbocycles. The molecule has 2 atom stereocenters. The Kier molecular flexibility index (Phi) is 7.61. The summed E-state index contributed by atoms with van der Waals surface area (Å²) in [6.07, 6.45) is 2.81. The highest BCUT2D eigenvalue weighted by Crippen LogP contribution is 2.53. The minimum Gasteiger partial charge on any atom is -0.493 e. The molecule has 1 N–H and O–H groups in total. The monoisotopic (exact) mass is 506 g/mol. The number of hydrogen-bond acceptors (Lipinski definition) is 8. The van der Waals surface area contributed by atoms with Gasteiger partial charge in [0, 0.05) is 24.6 Å². The summed E-state index contributed by atoms with van der Waals surface area (Å²) in [6.45, 7) is 4.25. The topological polar surface area (TPSA) is 113 Å². The van der Waals surface area contributed by atoms with Crippen LogP contribution in [0.3, 0.4) is 0 Å². The van der Waals surface area contributed by atoms with Crippen molar-refractivity contribution in [2.24, 2.45) is 0 Å². The highest BCUT2D eigenvalue weighted by atomic mass is 16.7. The predicted octanol–water partition coefficient (Wildman–Crippen LogP) is 3.92. The second-order valence-corrected chi connectivity index (χ2v) is 9.05. The molecule has 3 aromatic rings. The van der Waals surface area contributed by atoms with E-state index in [9.17, 15) is 14.4 Å². The molecule has 194 valence electrons. The van der Waals surface area contributed by atoms with Gasteiger partial charge in [0.2, 0.25) is 6.79 Å². The molecular weight excluding hydrogens is 476 g/mol. The summed E-state index contributed by atoms with van der Waals surface area (Å²) in [4.78, 5) is 41.1. The Hall–Kier alpha value is -4.14. The number of hydrogen-bond donors (Lipinski definition) is 1. The van der Waals surface area contributed by atoms with Crippen molar-refractivity contribution < 1.29 is 33.3 Å². The molecule has 1 fully saturated rings. The van der Waals surface area contributed by atoms with Crippen LogP contribution in [0.5, 0.6) is 11.5 Å². The van der Waals surface area contributed by atoms with E-state index in [2.05, 4.69) is 34.6 Å². The maximum absolute atomic E-state index is 13.0. The van der Waals surface area contributed by atoms with Gasteiger partial charge in [-0.3, -0.25) is 9.59 Å². The molecule has 0 unspecified atom stereocenters. The Balaban J connectivity index is 1.45. The lowest BCUT2D eigenvalue weighted by Crippen LogP contribution is -2.42. The van der Waals surface area contributed by atoms with Gasteiger partial charge >= 0.3 is 11.9 Å². The van der Waals surface area contributed by atoms with E-state index in [0.29, 0.717) is 0 Å². The van der Waals surface area contributed by atoms with Crippen molar-refractivity contribution in [1.82, 2.24) is 10.3 Å². The first-order valence-corrected chi connectivity index (χ1v) is 12.1. The van der Waals surface area contributed by atoms with Crippen molar-refractivity contribution >= 4 is 28.6 Å². The summed E-state index contributed by atoms with van der Waals surface area (Å²) in [6, 6.07) is 14.9. The molecule has 2 aromatic carbocycles. The van der Waals surface area contributed by atoms with Gasteiger partial charge < -0.3 is 24.3 Å². The zero-order valence-corrected chi connectivity index (χ0v) is 21.3. The summed E-state index contributed by atoms with van der Waals surface area (Å²) in [5.74, 6) is -1.55. The Morgan fingerprint density at radius 1 is 1.05 bits per heavy atom. The van der Waals surface area contributed by atoms with Crippen LogP contribution in [0.2, 0.25) is 0 Å². The van der Waals surface area contributed by atoms with Crippen LogP contribution in [0.15, 0.2) is 54.7 Å². The fourth-order valence-electron chi connectivity index (χ4n) is 4.47. The molecule has 1 heterocycles. The standard InChI is InChI=1S/C28H30N2O7/c1-17(30-26(32)24-25(36-16-35-19(3)31)23(34-4)12-15-29-24)27(33)37-18(2)28(13-14-28)22-11-7-9-20-8-5-6-10-21(20)22/h5-12,15,17-18H,13-14,16H2,1-4H3,(H,30,32)/t17-,18-/m0/s1. The zero-order chi connectivity index (χ0) is 26.6. The minimum absolute atomic E-state index is 0.00873. The van der Waals surface area contributed by atoms with Crippen LogP contribution in [0.25, 0.3) is 10.8 Å². The molecule has 0 spiro atoms. The molecule has 0 bridgehead atoms. The summed E-state index contributed by atoms with van der Waals surface area (Å²) in [7, 11) is 1.40. The predicted molar refractivity (Wildman–Crippen MR) is 135 cm³/mol. The van der Waals surface area contributed by atoms with Gasteiger partial charge in [-0.25, -0.2) is 9.78 Å². The van der Waals surface area contributed by atoms with Crippen LogP contribution >= 0.6 is 0 Å². The first kappa shape index (κ1) is 25.9. The maximum atomic E-state index is 13.0. The molecule has 9 heteroatoms. The smallest absolute Gasteiger partial charge is 0.328 e. The van der Waals surface area contributed by atoms with E-state index in [4.69, 9.17) is 18.9 Å². The van der Waals surface area contributed by atoms with Crippen molar-refractivity contribution in [1.29, 1.82) is 0 Å². The van der Waals surface area contributed by atoms with Crippen LogP contribution in [0.1, 0.15) is 49.7 Å². The van der Waals surface area contributed by atoms with Crippen LogP contribution in [-0.4, -0.2) is 48.9 Å². The summed E-state index contributed by atoms with van der Waals surface area (Å²) >= 11 is 0. The summed E-state index contributed by atoms with van der Waals surface area (Å²) in [5, 5.41) is 4.91. The van der Waals surface area contributed by atoms with E-state index >= 15 is 0 Å². The van der Waals surface area contributed by atoms with Crippen molar-refractivity contribution in [2.75, 3.05) is 13.9 Å². The van der Waals surface area contributed by atoms with Gasteiger partial charge in [-0.05, 0) is 43.0 Å². The molecule has 0 aliphatic heterocycles. The minimum atomic E-state index is -0.951. The Morgan fingerprint density at radius 2 is 1.78 bits per heavy atom. The molecule has 37 heavy (non-hydrogen) atoms. The largest absolute Gasteiger partial charge is 0.493 e. The quantitative estimate of drug-likeness (QED) is 0.325. The van der Waals surface area contributed by atoms with E-state index in [-0.39, 0.29) is 28.7 Å². The molecule has 1 amide bonds. The average Bonchev–Trinajstić information content (AvgIpc) is 3.70. The number of rotatable bonds is 10. The number of nitrogens with one attached hydrogen (secondary N) is 1. The fourth-order valence-corrected chi connectivity index (χ4v) is 4.47. The van der Waals surface area contributed by atoms with Crippen LogP contribution < -0.4 is 14.8 Å². The highest BCUT2D eigenvalue weighted by Gasteiger charge is 2.51. The third kappa shape index (κ3) is 5.50. The lowest BCUT2D eigenvalue weighted by Gasteiger charge is -2.27. The van der Waals surface area contributed by atoms with Crippen molar-refractivity contribution in [2.45, 2.75) is 51.2 Å². The molecule has 4 rings (SSSR count). The number of ether oxygens (including phenoxy) is 4. The number of pyridine rings is 1. The third-order valence-corrected chi connectivity index (χ3v) is 6.66. The van der Waals surface area contributed by atoms with Gasteiger partial charge in [-0.15, -0.1) is 0 Å². The number of aromatic nitrogens is 1. The van der Waals surface area contributed by atoms with Crippen LogP contribution in [-0.2, 0) is 24.5 Å². The van der Waals surface area contributed by atoms with Crippen molar-refractivity contribution in [3.05, 3.63) is 66.0 Å². The summed E-state index contributed by atoms with van der Waals surface area (Å²) in [5.41, 5.74) is 0.790. The molecule has 1 aromatic heterocycles. The first-order chi connectivity index (χ1) is 17.8. The van der Waals surface area contributed by atoms with Crippen LogP contribution in [0, 0.1) is 0 Å². The van der Waals surface area contributed by atoms with Crippen molar-refractivity contribution in [3.8, 4) is 11.5 Å². The second-order valence-electron chi connectivity index (χ2n) is 9.05. The molecule has 1 aliphatic rings. The van der Waals surface area contributed by atoms with E-state index in [1.54, 1.807) is 6.92 Å². The van der Waals surface area contributed by atoms with E-state index in [1.165, 1.54) is 26.3 Å². The highest BCUT2D eigenvalue weighted by molar-refractivity contribution is 5.98. The number of carbonyl (C=O) groups excluding carboxylic acids is 3. The lowest BCUT2D eigenvalue weighted by atomic mass is 9.87. The van der Waals surface area contributed by atoms with E-state index < -0.39 is 30.7 Å². The number of carbonyl (C=O) groups is 3. The lowest BCUT2D eigenvalue weighted by molar-refractivity contribution is -0.152. The Labute approximate surface area is 215 Å². The first-order valence-electron chi connectivity index (χ1n) is 12.1. The average molecular weight is 507 g/mol. The number of amides is 1. The molecule has 0 radical (unpaired) electrons. The fraction of sp³-hybridized carbons (Fsp3) is 0.357. The molecule has 0 saturated heterocycles. The second kappa shape index (κ2) is 10.9. The van der Waals surface area contributed by atoms with Gasteiger partial charge in [0.1, 0.15) is 12.1 Å². The van der Waals surface area contributed by atoms with Gasteiger partial charge in [-0.1, -0.05) is 42.5 Å². The Morgan fingerprint density at radius 3 is 2.49 bits per heavy atom. The van der Waals surface area contributed by atoms with E-state index in [1.807, 2.05) is 25.1 Å². The number of esters is 2. The number of methoxy groups -OCH3 is 1. The normalized spacial score (nSPS) is 15.2. The SMILES string of the molecule is COc1ccnc(C(=O)N[C@@H](C)C(=O)O[C@@H](C)C2(c3cccc4ccccc34)CC2)c1OCOC(C)=O. The molecule has 1 aliphatic carbocycles. The number of fused-ring (bicyclic) bond motifs is 1. The third-order valence-electron chi connectivity index (χ3n) is 6.66. The molecular formula is C28H30N2O7. The maximum Gasteiger partial charge on any atom is 0.328 e. The Bertz CT molecular complexity index is 1310.